The highest BCUT2D eigenvalue weighted by atomic mass is 16.4. The number of β-amino-alcohol motifs (C(OH)–C–C–N with tert-alkyl or cyclic N) is 1. The number of aliphatic hydroxyl groups excluding tert-OH is 1. The average Bonchev–Trinajstić information content (AvgIpc) is 2.70. The maximum Gasteiger partial charge on any atom is 0.326 e. The van der Waals surface area contributed by atoms with Crippen LogP contribution in [0.15, 0.2) is 0 Å². The van der Waals surface area contributed by atoms with Crippen molar-refractivity contribution in [2.45, 2.75) is 51.8 Å². The molecule has 0 bridgehead atoms. The van der Waals surface area contributed by atoms with Crippen molar-refractivity contribution in [3.63, 3.8) is 0 Å². The molecule has 0 saturated carbocycles. The van der Waals surface area contributed by atoms with Crippen LogP contribution in [0.5, 0.6) is 0 Å². The predicted octanol–water partition coefficient (Wildman–Crippen LogP) is 0.650. The number of nitrogens with one attached hydrogen (secondary N) is 1. The van der Waals surface area contributed by atoms with Crippen molar-refractivity contribution in [2.24, 2.45) is 5.92 Å². The van der Waals surface area contributed by atoms with Crippen LogP contribution in [-0.4, -0.2) is 51.8 Å². The third-order valence-corrected chi connectivity index (χ3v) is 3.67. The van der Waals surface area contributed by atoms with Crippen molar-refractivity contribution in [1.29, 1.82) is 0 Å². The molecule has 3 N–H and O–H groups in total. The number of likely N-dealkylation sites (tertiary alicyclic amines) is 1. The van der Waals surface area contributed by atoms with E-state index in [4.69, 9.17) is 5.11 Å². The van der Waals surface area contributed by atoms with Crippen LogP contribution in [0.25, 0.3) is 0 Å². The van der Waals surface area contributed by atoms with Crippen molar-refractivity contribution >= 4 is 12.0 Å². The summed E-state index contributed by atoms with van der Waals surface area (Å²) >= 11 is 0. The summed E-state index contributed by atoms with van der Waals surface area (Å²) in [4.78, 5) is 24.2. The van der Waals surface area contributed by atoms with Gasteiger partial charge in [-0.05, 0) is 12.8 Å². The van der Waals surface area contributed by atoms with Gasteiger partial charge in [-0.15, -0.1) is 0 Å². The molecule has 1 aliphatic rings. The van der Waals surface area contributed by atoms with E-state index in [1.165, 1.54) is 4.90 Å². The normalized spacial score (nSPS) is 26.8. The number of urea groups is 1. The van der Waals surface area contributed by atoms with Gasteiger partial charge in [-0.2, -0.15) is 0 Å². The SMILES string of the molecule is CCC(C)C(C)NC(=O)N1C[C@@H](O)C[C@H]1C(=O)O. The highest BCUT2D eigenvalue weighted by Gasteiger charge is 2.39. The second kappa shape index (κ2) is 6.04. The smallest absolute Gasteiger partial charge is 0.326 e. The lowest BCUT2D eigenvalue weighted by molar-refractivity contribution is -0.141. The molecule has 6 heteroatoms. The first-order valence-electron chi connectivity index (χ1n) is 6.34. The topological polar surface area (TPSA) is 89.9 Å². The van der Waals surface area contributed by atoms with Crippen molar-refractivity contribution in [3.05, 3.63) is 0 Å². The number of carbonyl (C=O) groups is 2. The van der Waals surface area contributed by atoms with Gasteiger partial charge in [0.05, 0.1) is 6.10 Å². The summed E-state index contributed by atoms with van der Waals surface area (Å²) in [5.74, 6) is -0.748. The Morgan fingerprint density at radius 1 is 1.44 bits per heavy atom. The van der Waals surface area contributed by atoms with E-state index < -0.39 is 24.1 Å². The van der Waals surface area contributed by atoms with Gasteiger partial charge >= 0.3 is 12.0 Å². The van der Waals surface area contributed by atoms with E-state index in [9.17, 15) is 14.7 Å². The van der Waals surface area contributed by atoms with Gasteiger partial charge in [0.25, 0.3) is 0 Å². The van der Waals surface area contributed by atoms with E-state index in [1.54, 1.807) is 0 Å². The summed E-state index contributed by atoms with van der Waals surface area (Å²) in [7, 11) is 0. The first kappa shape index (κ1) is 14.8. The molecule has 4 atom stereocenters. The Kier molecular flexibility index (Phi) is 4.95. The zero-order valence-corrected chi connectivity index (χ0v) is 11.1. The van der Waals surface area contributed by atoms with Gasteiger partial charge in [-0.25, -0.2) is 9.59 Å². The van der Waals surface area contributed by atoms with Gasteiger partial charge < -0.3 is 20.4 Å². The molecule has 0 radical (unpaired) electrons. The number of carbonyl (C=O) groups excluding carboxylic acids is 1. The van der Waals surface area contributed by atoms with Crippen molar-refractivity contribution in [3.8, 4) is 0 Å². The number of carboxylic acid groups (broad SMARTS) is 1. The Balaban J connectivity index is 2.63. The molecule has 1 saturated heterocycles. The summed E-state index contributed by atoms with van der Waals surface area (Å²) < 4.78 is 0. The van der Waals surface area contributed by atoms with E-state index in [-0.39, 0.29) is 19.0 Å². The second-order valence-electron chi connectivity index (χ2n) is 5.02. The van der Waals surface area contributed by atoms with Crippen LogP contribution in [-0.2, 0) is 4.79 Å². The number of aliphatic carboxylic acids is 1. The Morgan fingerprint density at radius 3 is 2.56 bits per heavy atom. The largest absolute Gasteiger partial charge is 0.480 e. The van der Waals surface area contributed by atoms with Crippen LogP contribution in [0.3, 0.4) is 0 Å². The van der Waals surface area contributed by atoms with E-state index >= 15 is 0 Å². The van der Waals surface area contributed by atoms with E-state index in [2.05, 4.69) is 5.32 Å². The minimum atomic E-state index is -1.07. The first-order valence-corrected chi connectivity index (χ1v) is 6.34. The fourth-order valence-electron chi connectivity index (χ4n) is 2.05. The molecule has 0 spiro atoms. The van der Waals surface area contributed by atoms with Crippen LogP contribution >= 0.6 is 0 Å². The number of rotatable bonds is 4. The van der Waals surface area contributed by atoms with Crippen molar-refractivity contribution in [1.82, 2.24) is 10.2 Å². The summed E-state index contributed by atoms with van der Waals surface area (Å²) in [6, 6.07) is -1.36. The van der Waals surface area contributed by atoms with E-state index in [0.29, 0.717) is 5.92 Å². The van der Waals surface area contributed by atoms with Crippen molar-refractivity contribution in [2.75, 3.05) is 6.54 Å². The zero-order chi connectivity index (χ0) is 13.9. The molecule has 1 heterocycles. The van der Waals surface area contributed by atoms with Gasteiger partial charge in [0.15, 0.2) is 0 Å². The lowest BCUT2D eigenvalue weighted by atomic mass is 10.0. The molecule has 1 aliphatic heterocycles. The molecule has 0 aromatic heterocycles. The highest BCUT2D eigenvalue weighted by molar-refractivity contribution is 5.83. The molecule has 18 heavy (non-hydrogen) atoms. The van der Waals surface area contributed by atoms with Crippen LogP contribution in [0, 0.1) is 5.92 Å². The molecular formula is C12H22N2O4. The molecule has 6 nitrogen and oxygen atoms in total. The maximum absolute atomic E-state index is 12.0. The Morgan fingerprint density at radius 2 is 2.06 bits per heavy atom. The summed E-state index contributed by atoms with van der Waals surface area (Å²) in [5.41, 5.74) is 0. The number of hydrogen-bond donors (Lipinski definition) is 3. The third-order valence-electron chi connectivity index (χ3n) is 3.67. The molecule has 2 unspecified atom stereocenters. The van der Waals surface area contributed by atoms with Gasteiger partial charge in [0, 0.05) is 19.0 Å². The number of amides is 2. The zero-order valence-electron chi connectivity index (χ0n) is 11.1. The minimum Gasteiger partial charge on any atom is -0.480 e. The average molecular weight is 258 g/mol. The molecule has 2 amide bonds. The number of aliphatic hydroxyl groups is 1. The maximum atomic E-state index is 12.0. The van der Waals surface area contributed by atoms with Crippen molar-refractivity contribution < 1.29 is 19.8 Å². The predicted molar refractivity (Wildman–Crippen MR) is 66.2 cm³/mol. The first-order chi connectivity index (χ1) is 8.36. The summed E-state index contributed by atoms with van der Waals surface area (Å²) in [6.07, 6.45) is 0.281. The minimum absolute atomic E-state index is 0.0188. The van der Waals surface area contributed by atoms with Gasteiger partial charge in [0.2, 0.25) is 0 Å². The van der Waals surface area contributed by atoms with Crippen LogP contribution < -0.4 is 5.32 Å². The molecular weight excluding hydrogens is 236 g/mol. The monoisotopic (exact) mass is 258 g/mol. The van der Waals surface area contributed by atoms with Gasteiger partial charge in [-0.3, -0.25) is 0 Å². The fourth-order valence-corrected chi connectivity index (χ4v) is 2.05. The number of hydrogen-bond acceptors (Lipinski definition) is 3. The second-order valence-corrected chi connectivity index (χ2v) is 5.02. The Hall–Kier alpha value is -1.30. The Labute approximate surface area is 107 Å². The molecule has 104 valence electrons. The highest BCUT2D eigenvalue weighted by Crippen LogP contribution is 2.18. The Bertz CT molecular complexity index is 321. The molecule has 0 aromatic rings. The number of nitrogens with zero attached hydrogens (tertiary/aromatic N) is 1. The standard InChI is InChI=1S/C12H22N2O4/c1-4-7(2)8(3)13-12(18)14-6-9(15)5-10(14)11(16)17/h7-10,15H,4-6H2,1-3H3,(H,13,18)(H,16,17)/t7?,8?,9-,10-/m0/s1. The lowest BCUT2D eigenvalue weighted by Crippen LogP contribution is -2.49. The fraction of sp³-hybridized carbons (Fsp3) is 0.833. The lowest BCUT2D eigenvalue weighted by Gasteiger charge is -2.26. The van der Waals surface area contributed by atoms with E-state index in [1.807, 2.05) is 20.8 Å². The quantitative estimate of drug-likeness (QED) is 0.690. The van der Waals surface area contributed by atoms with Gasteiger partial charge in [-0.1, -0.05) is 20.3 Å². The summed E-state index contributed by atoms with van der Waals surface area (Å²) in [5, 5.41) is 21.3. The number of carboxylic acids is 1. The third kappa shape index (κ3) is 3.35. The molecule has 1 rings (SSSR count). The van der Waals surface area contributed by atoms with Crippen LogP contribution in [0.2, 0.25) is 0 Å². The summed E-state index contributed by atoms with van der Waals surface area (Å²) in [6.45, 7) is 6.04. The molecule has 0 aromatic carbocycles. The molecule has 1 fully saturated rings. The molecule has 0 aliphatic carbocycles. The van der Waals surface area contributed by atoms with Crippen LogP contribution in [0.4, 0.5) is 4.79 Å². The van der Waals surface area contributed by atoms with Gasteiger partial charge in [0.1, 0.15) is 6.04 Å². The van der Waals surface area contributed by atoms with E-state index in [0.717, 1.165) is 6.42 Å². The van der Waals surface area contributed by atoms with Crippen LogP contribution in [0.1, 0.15) is 33.6 Å².